The Labute approximate surface area is 162 Å². The number of benzene rings is 1. The molecule has 150 valence electrons. The van der Waals surface area contributed by atoms with Gasteiger partial charge in [-0.25, -0.2) is 0 Å². The molecule has 0 unspecified atom stereocenters. The van der Waals surface area contributed by atoms with Crippen LogP contribution in [0.2, 0.25) is 0 Å². The Morgan fingerprint density at radius 1 is 1.21 bits per heavy atom. The number of amides is 1. The molecule has 8 nitrogen and oxygen atoms in total. The lowest BCUT2D eigenvalue weighted by atomic mass is 9.96. The molecule has 0 aliphatic carbocycles. The molecule has 6 atom stereocenters. The van der Waals surface area contributed by atoms with Crippen molar-refractivity contribution in [3.63, 3.8) is 0 Å². The van der Waals surface area contributed by atoms with Crippen molar-refractivity contribution in [2.75, 3.05) is 6.61 Å². The lowest BCUT2D eigenvalue weighted by molar-refractivity contribution is -0.336. The van der Waals surface area contributed by atoms with Crippen molar-refractivity contribution in [1.82, 2.24) is 5.32 Å². The Bertz CT molecular complexity index is 791. The van der Waals surface area contributed by atoms with E-state index in [0.717, 1.165) is 5.56 Å². The van der Waals surface area contributed by atoms with Crippen LogP contribution in [0, 0.1) is 6.92 Å². The predicted octanol–water partition coefficient (Wildman–Crippen LogP) is 1.67. The second-order valence-corrected chi connectivity index (χ2v) is 6.97. The van der Waals surface area contributed by atoms with E-state index in [9.17, 15) is 9.90 Å². The number of nitrogens with one attached hydrogen (secondary N) is 1. The van der Waals surface area contributed by atoms with E-state index in [2.05, 4.69) is 5.32 Å². The van der Waals surface area contributed by atoms with E-state index in [4.69, 9.17) is 23.4 Å². The summed E-state index contributed by atoms with van der Waals surface area (Å²) < 4.78 is 28.8. The summed E-state index contributed by atoms with van der Waals surface area (Å²) in [5.74, 6) is 0.765. The van der Waals surface area contributed by atoms with Gasteiger partial charge in [-0.15, -0.1) is 0 Å². The Morgan fingerprint density at radius 2 is 2.00 bits per heavy atom. The second-order valence-electron chi connectivity index (χ2n) is 6.97. The van der Waals surface area contributed by atoms with Gasteiger partial charge in [-0.1, -0.05) is 17.7 Å². The average molecular weight is 389 g/mol. The summed E-state index contributed by atoms with van der Waals surface area (Å²) in [6.07, 6.45) is -2.44. The molecule has 1 amide bonds. The van der Waals surface area contributed by atoms with E-state index in [1.54, 1.807) is 12.1 Å². The number of hydrogen-bond donors (Lipinski definition) is 2. The Kier molecular flexibility index (Phi) is 5.36. The summed E-state index contributed by atoms with van der Waals surface area (Å²) in [6, 6.07) is 10.1. The lowest BCUT2D eigenvalue weighted by Crippen LogP contribution is -2.67. The SMILES string of the molecule is CC(=O)N[C@@H]1[C@H](Oc2ccc(C)cc2)O[C@@H]2CO[C@H](c3ccco3)O[C@H]2[C@H]1O. The molecule has 0 bridgehead atoms. The van der Waals surface area contributed by atoms with E-state index in [1.165, 1.54) is 13.2 Å². The number of carbonyl (C=O) groups excluding carboxylic acids is 1. The first-order chi connectivity index (χ1) is 13.5. The van der Waals surface area contributed by atoms with Crippen molar-refractivity contribution in [2.24, 2.45) is 0 Å². The Hall–Kier alpha value is -2.39. The third-order valence-corrected chi connectivity index (χ3v) is 4.78. The summed E-state index contributed by atoms with van der Waals surface area (Å²) in [5.41, 5.74) is 1.09. The topological polar surface area (TPSA) is 99.4 Å². The second kappa shape index (κ2) is 7.92. The standard InChI is InChI=1S/C20H23NO7/c1-11-5-7-13(8-6-11)26-20-16(21-12(2)22)17(23)18-15(27-20)10-25-19(28-18)14-4-3-9-24-14/h3-9,15-20,23H,10H2,1-2H3,(H,21,22)/t15-,16+,17+,18-,19+,20-/m1/s1. The molecule has 0 saturated carbocycles. The number of ether oxygens (including phenoxy) is 4. The summed E-state index contributed by atoms with van der Waals surface area (Å²) in [6.45, 7) is 3.54. The zero-order chi connectivity index (χ0) is 19.7. The third-order valence-electron chi connectivity index (χ3n) is 4.78. The van der Waals surface area contributed by atoms with Gasteiger partial charge >= 0.3 is 0 Å². The zero-order valence-corrected chi connectivity index (χ0v) is 15.6. The maximum atomic E-state index is 11.7. The van der Waals surface area contributed by atoms with Crippen LogP contribution >= 0.6 is 0 Å². The molecule has 2 aliphatic heterocycles. The molecule has 2 N–H and O–H groups in total. The normalized spacial score (nSPS) is 32.4. The molecule has 2 aromatic rings. The van der Waals surface area contributed by atoms with Crippen molar-refractivity contribution in [3.05, 3.63) is 54.0 Å². The molecule has 0 spiro atoms. The van der Waals surface area contributed by atoms with Gasteiger partial charge in [-0.2, -0.15) is 0 Å². The first kappa shape index (κ1) is 18.9. The van der Waals surface area contributed by atoms with E-state index in [-0.39, 0.29) is 12.5 Å². The molecule has 0 radical (unpaired) electrons. The van der Waals surface area contributed by atoms with Gasteiger partial charge < -0.3 is 33.8 Å². The fourth-order valence-corrected chi connectivity index (χ4v) is 3.40. The summed E-state index contributed by atoms with van der Waals surface area (Å²) in [5, 5.41) is 13.6. The van der Waals surface area contributed by atoms with Crippen LogP contribution in [0.25, 0.3) is 0 Å². The minimum atomic E-state index is -1.06. The first-order valence-electron chi connectivity index (χ1n) is 9.15. The monoisotopic (exact) mass is 389 g/mol. The van der Waals surface area contributed by atoms with Crippen LogP contribution in [0.15, 0.2) is 47.1 Å². The maximum Gasteiger partial charge on any atom is 0.223 e. The molecule has 1 aromatic heterocycles. The van der Waals surface area contributed by atoms with Crippen molar-refractivity contribution < 1.29 is 33.3 Å². The number of rotatable bonds is 4. The fraction of sp³-hybridized carbons (Fsp3) is 0.450. The molecular weight excluding hydrogens is 366 g/mol. The maximum absolute atomic E-state index is 11.7. The third kappa shape index (κ3) is 3.90. The minimum Gasteiger partial charge on any atom is -0.464 e. The van der Waals surface area contributed by atoms with Crippen LogP contribution in [-0.2, 0) is 19.0 Å². The van der Waals surface area contributed by atoms with Crippen molar-refractivity contribution >= 4 is 5.91 Å². The van der Waals surface area contributed by atoms with E-state index >= 15 is 0 Å². The number of fused-ring (bicyclic) bond motifs is 1. The molecule has 4 rings (SSSR count). The Morgan fingerprint density at radius 3 is 2.68 bits per heavy atom. The van der Waals surface area contributed by atoms with Gasteiger partial charge in [0.25, 0.3) is 0 Å². The number of aliphatic hydroxyl groups is 1. The van der Waals surface area contributed by atoms with Gasteiger partial charge in [-0.05, 0) is 31.2 Å². The summed E-state index contributed by atoms with van der Waals surface area (Å²) in [4.78, 5) is 11.7. The van der Waals surface area contributed by atoms with Crippen molar-refractivity contribution in [3.8, 4) is 5.75 Å². The number of carbonyl (C=O) groups is 1. The van der Waals surface area contributed by atoms with E-state index in [1.807, 2.05) is 31.2 Å². The molecule has 2 aliphatic rings. The van der Waals surface area contributed by atoms with Gasteiger partial charge in [0.1, 0.15) is 30.1 Å². The van der Waals surface area contributed by atoms with Crippen LogP contribution in [0.5, 0.6) is 5.75 Å². The molecule has 8 heteroatoms. The van der Waals surface area contributed by atoms with Crippen molar-refractivity contribution in [1.29, 1.82) is 0 Å². The number of hydrogen-bond acceptors (Lipinski definition) is 7. The lowest BCUT2D eigenvalue weighted by Gasteiger charge is -2.47. The highest BCUT2D eigenvalue weighted by molar-refractivity contribution is 5.73. The van der Waals surface area contributed by atoms with Gasteiger partial charge in [0.05, 0.1) is 12.9 Å². The smallest absolute Gasteiger partial charge is 0.223 e. The average Bonchev–Trinajstić information content (AvgIpc) is 3.21. The fourth-order valence-electron chi connectivity index (χ4n) is 3.40. The summed E-state index contributed by atoms with van der Waals surface area (Å²) in [7, 11) is 0. The van der Waals surface area contributed by atoms with Crippen LogP contribution < -0.4 is 10.1 Å². The predicted molar refractivity (Wildman–Crippen MR) is 96.4 cm³/mol. The van der Waals surface area contributed by atoms with E-state index < -0.39 is 36.9 Å². The number of aryl methyl sites for hydroxylation is 1. The highest BCUT2D eigenvalue weighted by atomic mass is 16.8. The number of aliphatic hydroxyl groups excluding tert-OH is 1. The molecule has 3 heterocycles. The molecule has 2 saturated heterocycles. The number of furan rings is 1. The van der Waals surface area contributed by atoms with E-state index in [0.29, 0.717) is 11.5 Å². The highest BCUT2D eigenvalue weighted by Crippen LogP contribution is 2.35. The molecule has 1 aromatic carbocycles. The van der Waals surface area contributed by atoms with Gasteiger partial charge in [-0.3, -0.25) is 4.79 Å². The van der Waals surface area contributed by atoms with Gasteiger partial charge in [0, 0.05) is 6.92 Å². The quantitative estimate of drug-likeness (QED) is 0.821. The molecular formula is C20H23NO7. The zero-order valence-electron chi connectivity index (χ0n) is 15.6. The van der Waals surface area contributed by atoms with Crippen LogP contribution in [0.1, 0.15) is 24.5 Å². The largest absolute Gasteiger partial charge is 0.464 e. The molecule has 2 fully saturated rings. The molecule has 28 heavy (non-hydrogen) atoms. The minimum absolute atomic E-state index is 0.188. The van der Waals surface area contributed by atoms with Gasteiger partial charge in [0.2, 0.25) is 18.5 Å². The highest BCUT2D eigenvalue weighted by Gasteiger charge is 2.51. The Balaban J connectivity index is 1.53. The summed E-state index contributed by atoms with van der Waals surface area (Å²) >= 11 is 0. The van der Waals surface area contributed by atoms with Gasteiger partial charge in [0.15, 0.2) is 5.76 Å². The van der Waals surface area contributed by atoms with Crippen molar-refractivity contribution in [2.45, 2.75) is 50.8 Å². The van der Waals surface area contributed by atoms with Crippen LogP contribution in [0.3, 0.4) is 0 Å². The first-order valence-corrected chi connectivity index (χ1v) is 9.15. The van der Waals surface area contributed by atoms with Crippen LogP contribution in [0.4, 0.5) is 0 Å². The van der Waals surface area contributed by atoms with Crippen LogP contribution in [-0.4, -0.2) is 48.3 Å².